The summed E-state index contributed by atoms with van der Waals surface area (Å²) in [6.45, 7) is 7.67. The van der Waals surface area contributed by atoms with Gasteiger partial charge in [0.05, 0.1) is 5.69 Å². The van der Waals surface area contributed by atoms with Crippen molar-refractivity contribution in [2.45, 2.75) is 40.0 Å². The second-order valence-corrected chi connectivity index (χ2v) is 6.94. The predicted octanol–water partition coefficient (Wildman–Crippen LogP) is 4.12. The van der Waals surface area contributed by atoms with Gasteiger partial charge >= 0.3 is 8.25 Å². The minimum Gasteiger partial charge on any atom is -0.506 e. The van der Waals surface area contributed by atoms with Gasteiger partial charge in [0, 0.05) is 16.7 Å². The van der Waals surface area contributed by atoms with Crippen molar-refractivity contribution in [3.05, 3.63) is 52.3 Å². The number of nitrogens with zero attached hydrogens (tertiary/aromatic N) is 1. The fourth-order valence-corrected chi connectivity index (χ4v) is 2.81. The topological polar surface area (TPSA) is 88.9 Å². The maximum absolute atomic E-state index is 10.5. The Bertz CT molecular complexity index is 753. The van der Waals surface area contributed by atoms with Crippen LogP contribution >= 0.6 is 8.25 Å². The van der Waals surface area contributed by atoms with Gasteiger partial charge in [0.15, 0.2) is 0 Å². The van der Waals surface area contributed by atoms with Crippen LogP contribution in [0.1, 0.15) is 47.8 Å². The number of hydrogen-bond acceptors (Lipinski definition) is 5. The zero-order chi connectivity index (χ0) is 18.6. The summed E-state index contributed by atoms with van der Waals surface area (Å²) in [5, 5.41) is 9.91. The van der Waals surface area contributed by atoms with E-state index in [9.17, 15) is 9.67 Å². The van der Waals surface area contributed by atoms with Gasteiger partial charge in [-0.15, -0.1) is 4.89 Å². The van der Waals surface area contributed by atoms with Crippen LogP contribution in [0.2, 0.25) is 0 Å². The molecule has 25 heavy (non-hydrogen) atoms. The second-order valence-electron chi connectivity index (χ2n) is 6.20. The fraction of sp³-hybridized carbons (Fsp3) is 0.389. The lowest BCUT2D eigenvalue weighted by atomic mass is 9.97. The second kappa shape index (κ2) is 8.39. The molecule has 0 amide bonds. The number of pyridine rings is 1. The highest BCUT2D eigenvalue weighted by molar-refractivity contribution is 7.32. The highest BCUT2D eigenvalue weighted by atomic mass is 31.1. The molecule has 0 aliphatic rings. The van der Waals surface area contributed by atoms with Crippen LogP contribution in [0.15, 0.2) is 24.3 Å². The zero-order valence-corrected chi connectivity index (χ0v) is 15.7. The van der Waals surface area contributed by atoms with E-state index in [0.29, 0.717) is 17.9 Å². The van der Waals surface area contributed by atoms with Crippen LogP contribution < -0.4 is 4.74 Å². The average Bonchev–Trinajstić information content (AvgIpc) is 2.51. The van der Waals surface area contributed by atoms with Crippen molar-refractivity contribution >= 4 is 8.25 Å². The minimum atomic E-state index is -2.67. The lowest BCUT2D eigenvalue weighted by Crippen LogP contribution is -2.03. The summed E-state index contributed by atoms with van der Waals surface area (Å²) in [6, 6.07) is 7.24. The molecule has 0 aliphatic heterocycles. The average molecular weight is 364 g/mol. The van der Waals surface area contributed by atoms with Crippen molar-refractivity contribution < 1.29 is 23.8 Å². The largest absolute Gasteiger partial charge is 0.698 e. The van der Waals surface area contributed by atoms with Crippen LogP contribution in [-0.2, 0) is 15.5 Å². The molecule has 2 aromatic rings. The first-order chi connectivity index (χ1) is 11.8. The van der Waals surface area contributed by atoms with Gasteiger partial charge in [-0.3, -0.25) is 4.98 Å². The lowest BCUT2D eigenvalue weighted by Gasteiger charge is -2.14. The molecule has 134 valence electrons. The van der Waals surface area contributed by atoms with Gasteiger partial charge in [-0.1, -0.05) is 18.4 Å². The molecule has 0 aliphatic carbocycles. The van der Waals surface area contributed by atoms with Crippen molar-refractivity contribution in [2.24, 2.45) is 0 Å². The summed E-state index contributed by atoms with van der Waals surface area (Å²) in [4.78, 5) is 13.2. The van der Waals surface area contributed by atoms with Crippen molar-refractivity contribution in [1.82, 2.24) is 4.98 Å². The Morgan fingerprint density at radius 2 is 1.84 bits per heavy atom. The van der Waals surface area contributed by atoms with E-state index in [0.717, 1.165) is 22.4 Å². The van der Waals surface area contributed by atoms with Crippen LogP contribution in [0.4, 0.5) is 0 Å². The van der Waals surface area contributed by atoms with Crippen LogP contribution in [0.3, 0.4) is 0 Å². The maximum Gasteiger partial charge on any atom is 0.698 e. The molecule has 6 nitrogen and oxygen atoms in total. The van der Waals surface area contributed by atoms with Crippen LogP contribution in [0, 0.1) is 13.8 Å². The van der Waals surface area contributed by atoms with E-state index in [1.165, 1.54) is 0 Å². The molecule has 1 unspecified atom stereocenters. The quantitative estimate of drug-likeness (QED) is 0.567. The van der Waals surface area contributed by atoms with E-state index in [-0.39, 0.29) is 18.5 Å². The highest BCUT2D eigenvalue weighted by Gasteiger charge is 2.14. The normalized spacial score (nSPS) is 11.7. The van der Waals surface area contributed by atoms with Crippen LogP contribution in [-0.4, -0.2) is 21.8 Å². The number of aryl methyl sites for hydroxylation is 2. The van der Waals surface area contributed by atoms with Crippen LogP contribution in [0.5, 0.6) is 11.5 Å². The number of aromatic nitrogens is 1. The molecule has 0 saturated carbocycles. The summed E-state index contributed by atoms with van der Waals surface area (Å²) < 4.78 is 20.3. The SMILES string of the molecule is Cc1cc(OCO[P+](=O)O)cc(C)c1Cc1ccc(O)c(C(C)C)n1. The van der Waals surface area contributed by atoms with Gasteiger partial charge < -0.3 is 9.84 Å². The lowest BCUT2D eigenvalue weighted by molar-refractivity contribution is 0.115. The Balaban J connectivity index is 2.20. The summed E-state index contributed by atoms with van der Waals surface area (Å²) in [5.74, 6) is 0.950. The summed E-state index contributed by atoms with van der Waals surface area (Å²) in [5.41, 5.74) is 4.79. The third-order valence-corrected chi connectivity index (χ3v) is 4.25. The first-order valence-electron chi connectivity index (χ1n) is 7.98. The van der Waals surface area contributed by atoms with Crippen molar-refractivity contribution in [2.75, 3.05) is 6.79 Å². The van der Waals surface area contributed by atoms with E-state index in [2.05, 4.69) is 9.51 Å². The van der Waals surface area contributed by atoms with Crippen molar-refractivity contribution in [3.8, 4) is 11.5 Å². The molecule has 7 heteroatoms. The number of rotatable bonds is 7. The molecule has 2 N–H and O–H groups in total. The van der Waals surface area contributed by atoms with E-state index in [1.807, 2.05) is 45.9 Å². The molecule has 0 fully saturated rings. The van der Waals surface area contributed by atoms with Gasteiger partial charge in [0.2, 0.25) is 6.79 Å². The molecule has 1 atom stereocenters. The molecule has 2 rings (SSSR count). The summed E-state index contributed by atoms with van der Waals surface area (Å²) >= 11 is 0. The number of hydrogen-bond donors (Lipinski definition) is 2. The van der Waals surface area contributed by atoms with E-state index >= 15 is 0 Å². The van der Waals surface area contributed by atoms with Crippen molar-refractivity contribution in [3.63, 3.8) is 0 Å². The first kappa shape index (κ1) is 19.3. The maximum atomic E-state index is 10.5. The first-order valence-corrected chi connectivity index (χ1v) is 9.11. The fourth-order valence-electron chi connectivity index (χ4n) is 2.67. The number of ether oxygens (including phenoxy) is 1. The predicted molar refractivity (Wildman–Crippen MR) is 95.1 cm³/mol. The smallest absolute Gasteiger partial charge is 0.506 e. The van der Waals surface area contributed by atoms with E-state index in [4.69, 9.17) is 9.63 Å². The van der Waals surface area contributed by atoms with Gasteiger partial charge in [-0.25, -0.2) is 0 Å². The minimum absolute atomic E-state index is 0.149. The third kappa shape index (κ3) is 5.23. The third-order valence-electron chi connectivity index (χ3n) is 3.92. The van der Waals surface area contributed by atoms with Gasteiger partial charge in [0.1, 0.15) is 11.5 Å². The van der Waals surface area contributed by atoms with E-state index < -0.39 is 8.25 Å². The zero-order valence-electron chi connectivity index (χ0n) is 14.8. The Labute approximate surface area is 148 Å². The molecule has 0 saturated heterocycles. The van der Waals surface area contributed by atoms with Gasteiger partial charge in [0.25, 0.3) is 0 Å². The summed E-state index contributed by atoms with van der Waals surface area (Å²) in [6.07, 6.45) is 0.650. The highest BCUT2D eigenvalue weighted by Crippen LogP contribution is 2.27. The summed E-state index contributed by atoms with van der Waals surface area (Å²) in [7, 11) is -2.67. The Hall–Kier alpha value is -2.01. The Morgan fingerprint density at radius 3 is 2.40 bits per heavy atom. The molecule has 0 spiro atoms. The molecule has 0 radical (unpaired) electrons. The Morgan fingerprint density at radius 1 is 1.20 bits per heavy atom. The molecule has 1 aromatic heterocycles. The van der Waals surface area contributed by atoms with Gasteiger partial charge in [-0.05, 0) is 60.7 Å². The van der Waals surface area contributed by atoms with E-state index in [1.54, 1.807) is 6.07 Å². The molecular formula is C18H23NO5P+. The number of aromatic hydroxyl groups is 1. The van der Waals surface area contributed by atoms with Crippen molar-refractivity contribution in [1.29, 1.82) is 0 Å². The molecule has 1 heterocycles. The number of benzene rings is 1. The monoisotopic (exact) mass is 364 g/mol. The standard InChI is InChI=1S/C18H22NO5P/c1-11(2)18-17(20)6-5-14(19-18)9-16-12(3)7-15(8-13(16)4)23-10-24-25(21)22/h5-8,11H,9-10H2,1-4H3,(H-,20,21,22)/p+1. The van der Waals surface area contributed by atoms with Gasteiger partial charge in [-0.2, -0.15) is 0 Å². The molecule has 1 aromatic carbocycles. The Kier molecular flexibility index (Phi) is 6.48. The molecule has 0 bridgehead atoms. The van der Waals surface area contributed by atoms with Crippen LogP contribution in [0.25, 0.3) is 0 Å². The molecular weight excluding hydrogens is 341 g/mol.